The summed E-state index contributed by atoms with van der Waals surface area (Å²) in [6, 6.07) is 3.74. The van der Waals surface area contributed by atoms with Gasteiger partial charge in [-0.05, 0) is 31.5 Å². The Bertz CT molecular complexity index is 537. The molecule has 0 N–H and O–H groups in total. The molecule has 0 amide bonds. The van der Waals surface area contributed by atoms with Crippen LogP contribution in [0, 0.1) is 5.92 Å². The lowest BCUT2D eigenvalue weighted by molar-refractivity contribution is 0.169. The van der Waals surface area contributed by atoms with Gasteiger partial charge in [0.2, 0.25) is 11.7 Å². The molecule has 1 atom stereocenters. The van der Waals surface area contributed by atoms with Gasteiger partial charge in [-0.2, -0.15) is 4.98 Å². The molecule has 3 heterocycles. The fourth-order valence-electron chi connectivity index (χ4n) is 2.40. The van der Waals surface area contributed by atoms with Crippen LogP contribution in [0.4, 0.5) is 0 Å². The number of aromatic nitrogens is 3. The summed E-state index contributed by atoms with van der Waals surface area (Å²) in [5, 5.41) is 4.01. The molecule has 2 aromatic rings. The van der Waals surface area contributed by atoms with Crippen molar-refractivity contribution in [2.75, 3.05) is 26.8 Å². The Balaban J connectivity index is 1.59. The van der Waals surface area contributed by atoms with E-state index in [-0.39, 0.29) is 0 Å². The van der Waals surface area contributed by atoms with Gasteiger partial charge in [-0.3, -0.25) is 9.88 Å². The molecule has 106 valence electrons. The maximum absolute atomic E-state index is 5.39. The maximum Gasteiger partial charge on any atom is 0.241 e. The zero-order valence-electron chi connectivity index (χ0n) is 11.5. The molecule has 1 fully saturated rings. The summed E-state index contributed by atoms with van der Waals surface area (Å²) in [4.78, 5) is 10.6. The minimum atomic E-state index is 0.611. The Morgan fingerprint density at radius 1 is 1.35 bits per heavy atom. The average molecular weight is 274 g/mol. The highest BCUT2D eigenvalue weighted by molar-refractivity contribution is 5.52. The van der Waals surface area contributed by atoms with Crippen molar-refractivity contribution < 1.29 is 9.26 Å². The monoisotopic (exact) mass is 274 g/mol. The van der Waals surface area contributed by atoms with Crippen LogP contribution in [-0.2, 0) is 11.3 Å². The molecule has 0 radical (unpaired) electrons. The van der Waals surface area contributed by atoms with Gasteiger partial charge in [0.25, 0.3) is 0 Å². The molecule has 1 saturated heterocycles. The minimum Gasteiger partial charge on any atom is -0.381 e. The van der Waals surface area contributed by atoms with Crippen LogP contribution in [0.25, 0.3) is 11.4 Å². The van der Waals surface area contributed by atoms with Gasteiger partial charge in [0, 0.05) is 31.1 Å². The predicted molar refractivity (Wildman–Crippen MR) is 72.8 cm³/mol. The minimum absolute atomic E-state index is 0.611. The van der Waals surface area contributed by atoms with Gasteiger partial charge < -0.3 is 9.26 Å². The van der Waals surface area contributed by atoms with Gasteiger partial charge in [0.05, 0.1) is 13.2 Å². The Kier molecular flexibility index (Phi) is 4.03. The number of hydrogen-bond donors (Lipinski definition) is 0. The van der Waals surface area contributed by atoms with Crippen molar-refractivity contribution in [1.29, 1.82) is 0 Å². The Hall–Kier alpha value is -1.79. The highest BCUT2D eigenvalue weighted by Gasteiger charge is 2.18. The largest absolute Gasteiger partial charge is 0.381 e. The number of pyridine rings is 1. The Morgan fingerprint density at radius 2 is 2.20 bits per heavy atom. The van der Waals surface area contributed by atoms with Crippen LogP contribution in [0.3, 0.4) is 0 Å². The molecule has 0 bridgehead atoms. The van der Waals surface area contributed by atoms with Crippen LogP contribution in [0.15, 0.2) is 29.0 Å². The van der Waals surface area contributed by atoms with Gasteiger partial charge in [-0.15, -0.1) is 0 Å². The van der Waals surface area contributed by atoms with Crippen molar-refractivity contribution in [3.8, 4) is 11.4 Å². The summed E-state index contributed by atoms with van der Waals surface area (Å²) < 4.78 is 10.7. The number of nitrogens with zero attached hydrogens (tertiary/aromatic N) is 4. The molecule has 1 aliphatic heterocycles. The molecule has 6 nitrogen and oxygen atoms in total. The van der Waals surface area contributed by atoms with Gasteiger partial charge in [0.15, 0.2) is 0 Å². The molecular weight excluding hydrogens is 256 g/mol. The van der Waals surface area contributed by atoms with E-state index in [1.165, 1.54) is 0 Å². The molecule has 0 aromatic carbocycles. The number of rotatable bonds is 5. The summed E-state index contributed by atoms with van der Waals surface area (Å²) in [6.45, 7) is 3.39. The van der Waals surface area contributed by atoms with Crippen LogP contribution >= 0.6 is 0 Å². The molecule has 0 aliphatic carbocycles. The lowest BCUT2D eigenvalue weighted by Gasteiger charge is -2.17. The smallest absolute Gasteiger partial charge is 0.241 e. The first-order valence-corrected chi connectivity index (χ1v) is 6.80. The Morgan fingerprint density at radius 3 is 2.95 bits per heavy atom. The van der Waals surface area contributed by atoms with Crippen LogP contribution in [0.1, 0.15) is 12.3 Å². The summed E-state index contributed by atoms with van der Waals surface area (Å²) in [5.41, 5.74) is 0.918. The van der Waals surface area contributed by atoms with Crippen molar-refractivity contribution in [2.45, 2.75) is 13.0 Å². The van der Waals surface area contributed by atoms with E-state index < -0.39 is 0 Å². The van der Waals surface area contributed by atoms with Crippen molar-refractivity contribution in [3.05, 3.63) is 30.4 Å². The van der Waals surface area contributed by atoms with Crippen molar-refractivity contribution in [2.24, 2.45) is 5.92 Å². The van der Waals surface area contributed by atoms with Crippen LogP contribution in [0.5, 0.6) is 0 Å². The van der Waals surface area contributed by atoms with Crippen LogP contribution in [-0.4, -0.2) is 46.8 Å². The molecule has 1 unspecified atom stereocenters. The van der Waals surface area contributed by atoms with E-state index in [2.05, 4.69) is 27.1 Å². The van der Waals surface area contributed by atoms with E-state index in [4.69, 9.17) is 9.26 Å². The lowest BCUT2D eigenvalue weighted by Crippen LogP contribution is -2.25. The van der Waals surface area contributed by atoms with Crippen LogP contribution in [0.2, 0.25) is 0 Å². The number of ether oxygens (including phenoxy) is 1. The second-order valence-corrected chi connectivity index (χ2v) is 5.17. The van der Waals surface area contributed by atoms with E-state index in [0.29, 0.717) is 24.2 Å². The first-order chi connectivity index (χ1) is 9.81. The van der Waals surface area contributed by atoms with Gasteiger partial charge in [-0.25, -0.2) is 0 Å². The highest BCUT2D eigenvalue weighted by atomic mass is 16.5. The summed E-state index contributed by atoms with van der Waals surface area (Å²) >= 11 is 0. The molecule has 6 heteroatoms. The fourth-order valence-corrected chi connectivity index (χ4v) is 2.40. The summed E-state index contributed by atoms with van der Waals surface area (Å²) in [5.74, 6) is 1.86. The van der Waals surface area contributed by atoms with Crippen LogP contribution < -0.4 is 0 Å². The van der Waals surface area contributed by atoms with Crippen molar-refractivity contribution >= 4 is 0 Å². The first kappa shape index (κ1) is 13.2. The molecule has 0 saturated carbocycles. The SMILES string of the molecule is CN(Cc1nc(-c2ccncc2)no1)CC1CCOC1. The van der Waals surface area contributed by atoms with E-state index in [9.17, 15) is 0 Å². The second kappa shape index (κ2) is 6.11. The van der Waals surface area contributed by atoms with E-state index in [0.717, 1.165) is 31.7 Å². The zero-order valence-corrected chi connectivity index (χ0v) is 11.5. The second-order valence-electron chi connectivity index (χ2n) is 5.17. The molecule has 20 heavy (non-hydrogen) atoms. The first-order valence-electron chi connectivity index (χ1n) is 6.80. The summed E-state index contributed by atoms with van der Waals surface area (Å²) in [6.07, 6.45) is 4.58. The molecule has 0 spiro atoms. The van der Waals surface area contributed by atoms with Gasteiger partial charge in [-0.1, -0.05) is 5.16 Å². The average Bonchev–Trinajstić information content (AvgIpc) is 3.11. The normalized spacial score (nSPS) is 18.8. The molecule has 1 aliphatic rings. The van der Waals surface area contributed by atoms with E-state index in [1.54, 1.807) is 12.4 Å². The Labute approximate surface area is 117 Å². The summed E-state index contributed by atoms with van der Waals surface area (Å²) in [7, 11) is 2.06. The predicted octanol–water partition coefficient (Wildman–Crippen LogP) is 1.60. The third-order valence-corrected chi connectivity index (χ3v) is 3.41. The van der Waals surface area contributed by atoms with E-state index in [1.807, 2.05) is 12.1 Å². The van der Waals surface area contributed by atoms with E-state index >= 15 is 0 Å². The zero-order chi connectivity index (χ0) is 13.8. The quantitative estimate of drug-likeness (QED) is 0.825. The standard InChI is InChI=1S/C14H18N4O2/c1-18(8-11-4-7-19-10-11)9-13-16-14(17-20-13)12-2-5-15-6-3-12/h2-3,5-6,11H,4,7-10H2,1H3. The third-order valence-electron chi connectivity index (χ3n) is 3.41. The van der Waals surface area contributed by atoms with Gasteiger partial charge in [0.1, 0.15) is 0 Å². The van der Waals surface area contributed by atoms with Crippen molar-refractivity contribution in [3.63, 3.8) is 0 Å². The fraction of sp³-hybridized carbons (Fsp3) is 0.500. The highest BCUT2D eigenvalue weighted by Crippen LogP contribution is 2.16. The molecule has 3 rings (SSSR count). The number of hydrogen-bond acceptors (Lipinski definition) is 6. The molecule has 2 aromatic heterocycles. The van der Waals surface area contributed by atoms with Gasteiger partial charge >= 0.3 is 0 Å². The molecular formula is C14H18N4O2. The van der Waals surface area contributed by atoms with Crippen molar-refractivity contribution in [1.82, 2.24) is 20.0 Å². The topological polar surface area (TPSA) is 64.3 Å². The lowest BCUT2D eigenvalue weighted by atomic mass is 10.1. The maximum atomic E-state index is 5.39. The third kappa shape index (κ3) is 3.20.